The zero-order chi connectivity index (χ0) is 35.3. The van der Waals surface area contributed by atoms with Crippen LogP contribution < -0.4 is 15.2 Å². The number of fused-ring (bicyclic) bond motifs is 3. The van der Waals surface area contributed by atoms with Gasteiger partial charge >= 0.3 is 12.1 Å². The van der Waals surface area contributed by atoms with E-state index >= 15 is 8.78 Å². The van der Waals surface area contributed by atoms with Crippen LogP contribution in [0.15, 0.2) is 65.6 Å². The van der Waals surface area contributed by atoms with Crippen LogP contribution in [0.25, 0.3) is 10.8 Å². The van der Waals surface area contributed by atoms with Crippen molar-refractivity contribution in [3.8, 4) is 11.5 Å². The lowest BCUT2D eigenvalue weighted by atomic mass is 9.94. The van der Waals surface area contributed by atoms with Gasteiger partial charge in [-0.1, -0.05) is 12.1 Å². The number of alkyl halides is 5. The monoisotopic (exact) mass is 709 g/mol. The Morgan fingerprint density at radius 1 is 0.857 bits per heavy atom. The predicted molar refractivity (Wildman–Crippen MR) is 168 cm³/mol. The van der Waals surface area contributed by atoms with Crippen molar-refractivity contribution in [2.75, 3.05) is 7.05 Å². The summed E-state index contributed by atoms with van der Waals surface area (Å²) in [5, 5.41) is 1.18. The molecule has 6 rings (SSSR count). The highest BCUT2D eigenvalue weighted by Crippen LogP contribution is 2.42. The minimum Gasteiger partial charge on any atom is -0.490 e. The van der Waals surface area contributed by atoms with Crippen molar-refractivity contribution in [1.82, 2.24) is 9.21 Å². The number of nitrogens with two attached hydrogens (primary N) is 1. The molecule has 3 atom stereocenters. The fourth-order valence-electron chi connectivity index (χ4n) is 7.27. The summed E-state index contributed by atoms with van der Waals surface area (Å²) in [4.78, 5) is 26.5. The van der Waals surface area contributed by atoms with E-state index < -0.39 is 63.4 Å². The minimum absolute atomic E-state index is 0.110. The number of esters is 1. The molecule has 0 radical (unpaired) electrons. The summed E-state index contributed by atoms with van der Waals surface area (Å²) in [6.45, 7) is 0. The van der Waals surface area contributed by atoms with Gasteiger partial charge in [-0.3, -0.25) is 4.79 Å². The molecule has 264 valence electrons. The van der Waals surface area contributed by atoms with Gasteiger partial charge in [0, 0.05) is 30.7 Å². The molecule has 3 aliphatic rings. The number of halogens is 5. The molecule has 1 amide bonds. The summed E-state index contributed by atoms with van der Waals surface area (Å²) in [6.07, 6.45) is 0.655. The maximum atomic E-state index is 16.6. The van der Waals surface area contributed by atoms with Crippen LogP contribution in [-0.2, 0) is 25.5 Å². The van der Waals surface area contributed by atoms with Gasteiger partial charge in [0.15, 0.2) is 6.04 Å². The number of likely N-dealkylation sites (N-methyl/N-ethyl adjacent to an activating group) is 1. The normalized spacial score (nSPS) is 22.4. The molecule has 2 unspecified atom stereocenters. The van der Waals surface area contributed by atoms with E-state index in [2.05, 4.69) is 4.74 Å². The molecule has 49 heavy (non-hydrogen) atoms. The van der Waals surface area contributed by atoms with Crippen molar-refractivity contribution in [2.24, 2.45) is 5.73 Å². The highest BCUT2D eigenvalue weighted by Gasteiger charge is 2.56. The number of sulfonamides is 1. The summed E-state index contributed by atoms with van der Waals surface area (Å²) < 4.78 is 110. The Morgan fingerprint density at radius 2 is 1.43 bits per heavy atom. The number of hydrogen-bond acceptors (Lipinski definition) is 7. The highest BCUT2D eigenvalue weighted by molar-refractivity contribution is 7.89. The van der Waals surface area contributed by atoms with Gasteiger partial charge in [-0.05, 0) is 111 Å². The Bertz CT molecular complexity index is 1820. The molecule has 3 aromatic carbocycles. The van der Waals surface area contributed by atoms with Crippen molar-refractivity contribution < 1.29 is 49.4 Å². The third-order valence-electron chi connectivity index (χ3n) is 9.71. The molecular weight excluding hydrogens is 673 g/mol. The van der Waals surface area contributed by atoms with Crippen LogP contribution in [0.2, 0.25) is 0 Å². The van der Waals surface area contributed by atoms with Crippen molar-refractivity contribution in [3.63, 3.8) is 0 Å². The van der Waals surface area contributed by atoms with Gasteiger partial charge in [0.1, 0.15) is 11.5 Å². The number of carbonyl (C=O) groups excluding carboxylic acids is 2. The quantitative estimate of drug-likeness (QED) is 0.167. The smallest absolute Gasteiger partial charge is 0.490 e. The number of piperidine rings is 1. The third kappa shape index (κ3) is 6.97. The Hall–Kier alpha value is -3.82. The summed E-state index contributed by atoms with van der Waals surface area (Å²) >= 11 is 0. The van der Waals surface area contributed by atoms with E-state index in [9.17, 15) is 31.2 Å². The molecule has 3 fully saturated rings. The topological polar surface area (TPSA) is 119 Å². The van der Waals surface area contributed by atoms with Crippen molar-refractivity contribution in [2.45, 2.75) is 98.6 Å². The zero-order valence-electron chi connectivity index (χ0n) is 26.5. The summed E-state index contributed by atoms with van der Waals surface area (Å²) in [7, 11) is -3.84. The van der Waals surface area contributed by atoms with Gasteiger partial charge in [0.2, 0.25) is 15.9 Å². The van der Waals surface area contributed by atoms with Crippen molar-refractivity contribution in [3.05, 3.63) is 66.2 Å². The Morgan fingerprint density at radius 3 is 2.04 bits per heavy atom. The Labute approximate surface area is 280 Å². The van der Waals surface area contributed by atoms with Gasteiger partial charge in [-0.15, -0.1) is 0 Å². The van der Waals surface area contributed by atoms with Crippen LogP contribution >= 0.6 is 0 Å². The third-order valence-corrected chi connectivity index (χ3v) is 11.5. The number of carbonyl (C=O) groups is 2. The standard InChI is InChI=1S/C34H36F5N3O6S/c1-41(49(45,46)29-15-7-20-16-28(12-6-21(20)17-29)47-26-4-2-3-5-26)30(31(43)42-24-10-11-25(42)19-23(40)18-24)33(35,36)22-8-13-27(14-9-22)48-32(44)34(37,38)39/h6-9,12-17,23-26,30H,2-5,10-11,18-19,40H2,1H3/t23?,24?,25?,30-/m1/s1. The van der Waals surface area contributed by atoms with Gasteiger partial charge in [0.05, 0.1) is 11.0 Å². The maximum absolute atomic E-state index is 16.6. The van der Waals surface area contributed by atoms with Crippen molar-refractivity contribution >= 4 is 32.7 Å². The second-order valence-electron chi connectivity index (χ2n) is 13.0. The first-order valence-electron chi connectivity index (χ1n) is 16.1. The zero-order valence-corrected chi connectivity index (χ0v) is 27.4. The van der Waals surface area contributed by atoms with Gasteiger partial charge in [0.25, 0.3) is 5.92 Å². The van der Waals surface area contributed by atoms with Crippen LogP contribution in [0.1, 0.15) is 56.9 Å². The molecule has 9 nitrogen and oxygen atoms in total. The molecule has 2 bridgehead atoms. The highest BCUT2D eigenvalue weighted by atomic mass is 32.2. The molecule has 3 aromatic rings. The molecule has 2 saturated heterocycles. The minimum atomic E-state index is -5.32. The molecular formula is C34H36F5N3O6S. The van der Waals surface area contributed by atoms with E-state index in [-0.39, 0.29) is 17.0 Å². The second kappa shape index (κ2) is 13.1. The maximum Gasteiger partial charge on any atom is 0.491 e. The second-order valence-corrected chi connectivity index (χ2v) is 15.0. The first-order chi connectivity index (χ1) is 23.1. The van der Waals surface area contributed by atoms with E-state index in [0.717, 1.165) is 44.9 Å². The molecule has 2 heterocycles. The lowest BCUT2D eigenvalue weighted by Gasteiger charge is -2.42. The summed E-state index contributed by atoms with van der Waals surface area (Å²) in [5.74, 6) is -7.88. The number of ether oxygens (including phenoxy) is 2. The van der Waals surface area contributed by atoms with Crippen LogP contribution in [-0.4, -0.2) is 73.0 Å². The van der Waals surface area contributed by atoms with E-state index in [1.165, 1.54) is 17.0 Å². The predicted octanol–water partition coefficient (Wildman–Crippen LogP) is 5.89. The van der Waals surface area contributed by atoms with Crippen LogP contribution in [0.3, 0.4) is 0 Å². The molecule has 2 N–H and O–H groups in total. The van der Waals surface area contributed by atoms with Gasteiger partial charge < -0.3 is 20.1 Å². The van der Waals surface area contributed by atoms with Crippen molar-refractivity contribution in [1.29, 1.82) is 0 Å². The SMILES string of the molecule is CN([C@H](C(=O)N1C2CCC1CC(N)C2)C(F)(F)c1ccc(OC(=O)C(F)(F)F)cc1)S(=O)(=O)c1ccc2cc(OC3CCCC3)ccc2c1. The van der Waals surface area contributed by atoms with Crippen LogP contribution in [0.5, 0.6) is 11.5 Å². The summed E-state index contributed by atoms with van der Waals surface area (Å²) in [5.41, 5.74) is 5.27. The van der Waals surface area contributed by atoms with E-state index in [4.69, 9.17) is 10.5 Å². The summed E-state index contributed by atoms with van der Waals surface area (Å²) in [6, 6.07) is 8.44. The number of nitrogens with zero attached hydrogens (tertiary/aromatic N) is 2. The van der Waals surface area contributed by atoms with Crippen LogP contribution in [0.4, 0.5) is 22.0 Å². The molecule has 2 aliphatic heterocycles. The van der Waals surface area contributed by atoms with E-state index in [1.807, 2.05) is 0 Å². The number of benzene rings is 3. The molecule has 0 aromatic heterocycles. The number of amides is 1. The average Bonchev–Trinajstić information content (AvgIpc) is 3.65. The molecule has 15 heteroatoms. The van der Waals surface area contributed by atoms with Gasteiger partial charge in [-0.25, -0.2) is 13.2 Å². The fraction of sp³-hybridized carbons (Fsp3) is 0.471. The average molecular weight is 710 g/mol. The molecule has 1 saturated carbocycles. The largest absolute Gasteiger partial charge is 0.491 e. The van der Waals surface area contributed by atoms with E-state index in [0.29, 0.717) is 58.6 Å². The lowest BCUT2D eigenvalue weighted by Crippen LogP contribution is -2.61. The molecule has 0 spiro atoms. The first kappa shape index (κ1) is 35.0. The van der Waals surface area contributed by atoms with Crippen LogP contribution in [0, 0.1) is 0 Å². The fourth-order valence-corrected chi connectivity index (χ4v) is 8.61. The number of hydrogen-bond donors (Lipinski definition) is 1. The molecule has 1 aliphatic carbocycles. The van der Waals surface area contributed by atoms with Gasteiger partial charge in [-0.2, -0.15) is 26.3 Å². The Kier molecular flexibility index (Phi) is 9.39. The van der Waals surface area contributed by atoms with E-state index in [1.54, 1.807) is 24.3 Å². The Balaban J connectivity index is 1.33. The lowest BCUT2D eigenvalue weighted by molar-refractivity contribution is -0.189. The number of rotatable bonds is 9. The first-order valence-corrected chi connectivity index (χ1v) is 17.5.